The number of aromatic nitrogens is 1. The Labute approximate surface area is 86.9 Å². The van der Waals surface area contributed by atoms with Crippen LogP contribution < -0.4 is 0 Å². The summed E-state index contributed by atoms with van der Waals surface area (Å²) in [6.07, 6.45) is -8.09. The van der Waals surface area contributed by atoms with Gasteiger partial charge >= 0.3 is 6.18 Å². The minimum absolute atomic E-state index is 0.379. The molecule has 1 heterocycles. The Morgan fingerprint density at radius 3 is 2.27 bits per heavy atom. The summed E-state index contributed by atoms with van der Waals surface area (Å²) in [5, 5.41) is -0.379. The van der Waals surface area contributed by atoms with Gasteiger partial charge in [0.05, 0.1) is 11.3 Å². The van der Waals surface area contributed by atoms with Crippen LogP contribution in [0, 0.1) is 6.92 Å². The van der Waals surface area contributed by atoms with Crippen LogP contribution in [0.4, 0.5) is 22.0 Å². The summed E-state index contributed by atoms with van der Waals surface area (Å²) in [5.41, 5.74) is -3.10. The van der Waals surface area contributed by atoms with Crippen molar-refractivity contribution in [2.45, 2.75) is 19.5 Å². The maximum atomic E-state index is 12.4. The molecular weight excluding hydrogens is 241 g/mol. The quantitative estimate of drug-likeness (QED) is 0.538. The highest BCUT2D eigenvalue weighted by Crippen LogP contribution is 2.38. The number of halogens is 6. The summed E-state index contributed by atoms with van der Waals surface area (Å²) in [5.74, 6) is 0. The highest BCUT2D eigenvalue weighted by Gasteiger charge is 2.38. The summed E-state index contributed by atoms with van der Waals surface area (Å²) in [6, 6.07) is 0.530. The van der Waals surface area contributed by atoms with Crippen molar-refractivity contribution in [3.8, 4) is 0 Å². The Hall–Kier alpha value is -0.910. The second-order valence-corrected chi connectivity index (χ2v) is 3.18. The normalized spacial score (nSPS) is 12.3. The molecule has 15 heavy (non-hydrogen) atoms. The smallest absolute Gasteiger partial charge is 0.241 e. The molecule has 0 radical (unpaired) electrons. The van der Waals surface area contributed by atoms with E-state index in [0.717, 1.165) is 6.92 Å². The van der Waals surface area contributed by atoms with E-state index in [2.05, 4.69) is 4.98 Å². The SMILES string of the molecule is Cc1nc(Cl)cc(C(F)F)c1C(F)(F)F. The third-order valence-corrected chi connectivity index (χ3v) is 1.91. The molecule has 1 aromatic rings. The Morgan fingerprint density at radius 1 is 1.33 bits per heavy atom. The van der Waals surface area contributed by atoms with Crippen molar-refractivity contribution in [3.05, 3.63) is 28.0 Å². The number of pyridine rings is 1. The van der Waals surface area contributed by atoms with E-state index in [4.69, 9.17) is 11.6 Å². The van der Waals surface area contributed by atoms with Gasteiger partial charge < -0.3 is 0 Å². The molecule has 1 rings (SSSR count). The highest BCUT2D eigenvalue weighted by molar-refractivity contribution is 6.29. The summed E-state index contributed by atoms with van der Waals surface area (Å²) < 4.78 is 61.8. The first-order valence-electron chi connectivity index (χ1n) is 3.76. The first-order valence-corrected chi connectivity index (χ1v) is 4.13. The molecule has 0 aliphatic carbocycles. The van der Waals surface area contributed by atoms with E-state index < -0.39 is 29.4 Å². The summed E-state index contributed by atoms with van der Waals surface area (Å²) in [4.78, 5) is 3.30. The Bertz CT molecular complexity index is 374. The standard InChI is InChI=1S/C8H5ClF5N/c1-3-6(8(12,13)14)4(7(10)11)2-5(9)15-3/h2,7H,1H3. The number of alkyl halides is 5. The Morgan fingerprint density at radius 2 is 1.87 bits per heavy atom. The van der Waals surface area contributed by atoms with E-state index in [1.165, 1.54) is 0 Å². The second kappa shape index (κ2) is 3.92. The van der Waals surface area contributed by atoms with Gasteiger partial charge in [-0.1, -0.05) is 11.6 Å². The van der Waals surface area contributed by atoms with Crippen LogP contribution in [-0.4, -0.2) is 4.98 Å². The molecule has 0 saturated carbocycles. The van der Waals surface area contributed by atoms with E-state index in [-0.39, 0.29) is 5.15 Å². The maximum absolute atomic E-state index is 12.4. The van der Waals surface area contributed by atoms with Crippen molar-refractivity contribution in [1.29, 1.82) is 0 Å². The molecule has 0 fully saturated rings. The third-order valence-electron chi connectivity index (χ3n) is 1.72. The van der Waals surface area contributed by atoms with Crippen LogP contribution in [0.15, 0.2) is 6.07 Å². The summed E-state index contributed by atoms with van der Waals surface area (Å²) >= 11 is 5.30. The average Bonchev–Trinajstić information content (AvgIpc) is 1.99. The lowest BCUT2D eigenvalue weighted by atomic mass is 10.1. The summed E-state index contributed by atoms with van der Waals surface area (Å²) in [6.45, 7) is 0.987. The number of hydrogen-bond donors (Lipinski definition) is 0. The Kier molecular flexibility index (Phi) is 3.18. The molecule has 0 atom stereocenters. The molecule has 0 unspecified atom stereocenters. The van der Waals surface area contributed by atoms with Gasteiger partial charge in [0.25, 0.3) is 6.43 Å². The van der Waals surface area contributed by atoms with Crippen LogP contribution in [0.5, 0.6) is 0 Å². The fourth-order valence-electron chi connectivity index (χ4n) is 1.20. The molecule has 0 saturated heterocycles. The molecule has 0 bridgehead atoms. The van der Waals surface area contributed by atoms with Crippen LogP contribution in [-0.2, 0) is 6.18 Å². The molecule has 1 nitrogen and oxygen atoms in total. The lowest BCUT2D eigenvalue weighted by molar-refractivity contribution is -0.140. The zero-order chi connectivity index (χ0) is 11.8. The molecule has 0 spiro atoms. The molecular formula is C8H5ClF5N. The molecule has 7 heteroatoms. The second-order valence-electron chi connectivity index (χ2n) is 2.79. The van der Waals surface area contributed by atoms with Crippen molar-refractivity contribution < 1.29 is 22.0 Å². The van der Waals surface area contributed by atoms with E-state index in [9.17, 15) is 22.0 Å². The van der Waals surface area contributed by atoms with Gasteiger partial charge in [0.1, 0.15) is 5.15 Å². The van der Waals surface area contributed by atoms with Crippen molar-refractivity contribution in [2.24, 2.45) is 0 Å². The van der Waals surface area contributed by atoms with E-state index in [1.807, 2.05) is 0 Å². The minimum atomic E-state index is -4.85. The fraction of sp³-hybridized carbons (Fsp3) is 0.375. The predicted molar refractivity (Wildman–Crippen MR) is 43.9 cm³/mol. The number of nitrogens with zero attached hydrogens (tertiary/aromatic N) is 1. The average molecular weight is 246 g/mol. The van der Waals surface area contributed by atoms with E-state index >= 15 is 0 Å². The first kappa shape index (κ1) is 12.2. The highest BCUT2D eigenvalue weighted by atomic mass is 35.5. The monoisotopic (exact) mass is 245 g/mol. The van der Waals surface area contributed by atoms with Crippen LogP contribution in [0.3, 0.4) is 0 Å². The molecule has 1 aromatic heterocycles. The maximum Gasteiger partial charge on any atom is 0.418 e. The first-order chi connectivity index (χ1) is 6.73. The van der Waals surface area contributed by atoms with Gasteiger partial charge in [-0.15, -0.1) is 0 Å². The minimum Gasteiger partial charge on any atom is -0.241 e. The lowest BCUT2D eigenvalue weighted by Gasteiger charge is -2.14. The van der Waals surface area contributed by atoms with Crippen molar-refractivity contribution in [2.75, 3.05) is 0 Å². The van der Waals surface area contributed by atoms with Gasteiger partial charge in [-0.2, -0.15) is 13.2 Å². The number of rotatable bonds is 1. The Balaban J connectivity index is 3.48. The van der Waals surface area contributed by atoms with Gasteiger partial charge in [0.2, 0.25) is 0 Å². The van der Waals surface area contributed by atoms with E-state index in [1.54, 1.807) is 0 Å². The fourth-order valence-corrected chi connectivity index (χ4v) is 1.44. The van der Waals surface area contributed by atoms with Gasteiger partial charge in [0, 0.05) is 5.56 Å². The van der Waals surface area contributed by atoms with E-state index in [0.29, 0.717) is 6.07 Å². The third kappa shape index (κ3) is 2.56. The lowest BCUT2D eigenvalue weighted by Crippen LogP contribution is -2.13. The molecule has 0 aromatic carbocycles. The molecule has 0 aliphatic rings. The van der Waals surface area contributed by atoms with Crippen molar-refractivity contribution in [1.82, 2.24) is 4.98 Å². The number of aryl methyl sites for hydroxylation is 1. The van der Waals surface area contributed by atoms with Crippen LogP contribution in [0.2, 0.25) is 5.15 Å². The topological polar surface area (TPSA) is 12.9 Å². The van der Waals surface area contributed by atoms with Gasteiger partial charge in [-0.25, -0.2) is 13.8 Å². The van der Waals surface area contributed by atoms with Crippen molar-refractivity contribution in [3.63, 3.8) is 0 Å². The van der Waals surface area contributed by atoms with Crippen molar-refractivity contribution >= 4 is 11.6 Å². The van der Waals surface area contributed by atoms with Gasteiger partial charge in [-0.05, 0) is 13.0 Å². The van der Waals surface area contributed by atoms with Gasteiger partial charge in [0.15, 0.2) is 0 Å². The summed E-state index contributed by atoms with van der Waals surface area (Å²) in [7, 11) is 0. The molecule has 0 N–H and O–H groups in total. The van der Waals surface area contributed by atoms with Crippen LogP contribution >= 0.6 is 11.6 Å². The van der Waals surface area contributed by atoms with Crippen LogP contribution in [0.1, 0.15) is 23.2 Å². The van der Waals surface area contributed by atoms with Gasteiger partial charge in [-0.3, -0.25) is 0 Å². The predicted octanol–water partition coefficient (Wildman–Crippen LogP) is 4.00. The number of hydrogen-bond acceptors (Lipinski definition) is 1. The zero-order valence-corrected chi connectivity index (χ0v) is 8.13. The molecule has 0 aliphatic heterocycles. The van der Waals surface area contributed by atoms with Crippen LogP contribution in [0.25, 0.3) is 0 Å². The zero-order valence-electron chi connectivity index (χ0n) is 7.37. The molecule has 84 valence electrons. The molecule has 0 amide bonds. The largest absolute Gasteiger partial charge is 0.418 e.